The third-order valence-electron chi connectivity index (χ3n) is 6.41. The number of aromatic nitrogens is 3. The average Bonchev–Trinajstić information content (AvgIpc) is 2.73. The highest BCUT2D eigenvalue weighted by Crippen LogP contribution is 2.38. The van der Waals surface area contributed by atoms with Crippen molar-refractivity contribution in [3.8, 4) is 17.0 Å². The molecule has 1 saturated heterocycles. The van der Waals surface area contributed by atoms with Crippen LogP contribution in [0.2, 0.25) is 5.02 Å². The molecule has 1 unspecified atom stereocenters. The van der Waals surface area contributed by atoms with Crippen molar-refractivity contribution in [3.63, 3.8) is 0 Å². The van der Waals surface area contributed by atoms with E-state index in [1.807, 2.05) is 19.1 Å². The number of rotatable bonds is 4. The highest BCUT2D eigenvalue weighted by atomic mass is 35.5. The third-order valence-corrected chi connectivity index (χ3v) is 6.65. The lowest BCUT2D eigenvalue weighted by Gasteiger charge is -2.49. The van der Waals surface area contributed by atoms with Gasteiger partial charge in [-0.3, -0.25) is 9.88 Å². The predicted octanol–water partition coefficient (Wildman–Crippen LogP) is 3.84. The molecule has 1 atom stereocenters. The molecule has 7 nitrogen and oxygen atoms in total. The summed E-state index contributed by atoms with van der Waals surface area (Å²) in [5.41, 5.74) is 1.36. The van der Waals surface area contributed by atoms with Gasteiger partial charge in [0.05, 0.1) is 5.60 Å². The van der Waals surface area contributed by atoms with E-state index in [1.165, 1.54) is 6.07 Å². The normalized spacial score (nSPS) is 26.5. The Morgan fingerprint density at radius 3 is 2.84 bits per heavy atom. The number of pyridine rings is 1. The summed E-state index contributed by atoms with van der Waals surface area (Å²) in [5.74, 6) is 0.715. The molecular weight excluding hydrogens is 414 g/mol. The molecule has 0 radical (unpaired) electrons. The quantitative estimate of drug-likeness (QED) is 0.568. The molecule has 3 aromatic rings. The van der Waals surface area contributed by atoms with Crippen LogP contribution in [-0.4, -0.2) is 61.1 Å². The number of phenolic OH excluding ortho intramolecular Hbond substituents is 1. The third kappa shape index (κ3) is 4.05. The molecule has 162 valence electrons. The lowest BCUT2D eigenvalue weighted by molar-refractivity contribution is -0.0823. The summed E-state index contributed by atoms with van der Waals surface area (Å²) >= 11 is 5.98. The number of hydrogen-bond donors (Lipinski definition) is 3. The van der Waals surface area contributed by atoms with Crippen molar-refractivity contribution < 1.29 is 10.2 Å². The second-order valence-electron chi connectivity index (χ2n) is 9.00. The number of phenols is 1. The van der Waals surface area contributed by atoms with Crippen molar-refractivity contribution >= 4 is 28.3 Å². The molecule has 3 N–H and O–H groups in total. The van der Waals surface area contributed by atoms with Gasteiger partial charge in [-0.25, -0.2) is 0 Å². The zero-order valence-electron chi connectivity index (χ0n) is 17.4. The number of nitrogens with zero attached hydrogens (tertiary/aromatic N) is 4. The van der Waals surface area contributed by atoms with E-state index in [1.54, 1.807) is 18.3 Å². The topological polar surface area (TPSA) is 94.4 Å². The van der Waals surface area contributed by atoms with Crippen molar-refractivity contribution in [2.45, 2.75) is 50.3 Å². The highest BCUT2D eigenvalue weighted by molar-refractivity contribution is 6.30. The molecule has 0 bridgehead atoms. The summed E-state index contributed by atoms with van der Waals surface area (Å²) in [6.07, 6.45) is 5.57. The van der Waals surface area contributed by atoms with Crippen molar-refractivity contribution in [1.29, 1.82) is 0 Å². The minimum absolute atomic E-state index is 0.0620. The first-order chi connectivity index (χ1) is 14.9. The van der Waals surface area contributed by atoms with Crippen LogP contribution >= 0.6 is 11.6 Å². The van der Waals surface area contributed by atoms with Gasteiger partial charge < -0.3 is 15.5 Å². The number of benzene rings is 1. The Kier molecular flexibility index (Phi) is 5.20. The molecule has 8 heteroatoms. The Labute approximate surface area is 186 Å². The number of aromatic hydroxyl groups is 1. The number of likely N-dealkylation sites (tertiary alicyclic amines) is 1. The van der Waals surface area contributed by atoms with Gasteiger partial charge in [0.15, 0.2) is 5.82 Å². The number of piperidine rings is 1. The molecule has 2 aliphatic rings. The van der Waals surface area contributed by atoms with Crippen LogP contribution in [0, 0.1) is 0 Å². The zero-order valence-corrected chi connectivity index (χ0v) is 18.2. The van der Waals surface area contributed by atoms with Gasteiger partial charge in [-0.15, -0.1) is 10.2 Å². The molecule has 1 saturated carbocycles. The Hall–Kier alpha value is -2.48. The molecule has 31 heavy (non-hydrogen) atoms. The van der Waals surface area contributed by atoms with Gasteiger partial charge in [0.25, 0.3) is 0 Å². The predicted molar refractivity (Wildman–Crippen MR) is 121 cm³/mol. The Morgan fingerprint density at radius 2 is 2.06 bits per heavy atom. The zero-order chi connectivity index (χ0) is 21.6. The molecule has 0 amide bonds. The van der Waals surface area contributed by atoms with E-state index in [2.05, 4.69) is 25.4 Å². The Morgan fingerprint density at radius 1 is 1.23 bits per heavy atom. The maximum absolute atomic E-state index is 10.4. The largest absolute Gasteiger partial charge is 0.507 e. The molecule has 0 spiro atoms. The fraction of sp³-hybridized carbons (Fsp3) is 0.435. The van der Waals surface area contributed by atoms with E-state index in [9.17, 15) is 10.2 Å². The fourth-order valence-corrected chi connectivity index (χ4v) is 5.02. The van der Waals surface area contributed by atoms with Gasteiger partial charge in [-0.2, -0.15) is 0 Å². The van der Waals surface area contributed by atoms with Crippen LogP contribution in [0.4, 0.5) is 5.82 Å². The smallest absolute Gasteiger partial charge is 0.175 e. The average molecular weight is 440 g/mol. The van der Waals surface area contributed by atoms with E-state index in [-0.39, 0.29) is 11.8 Å². The first-order valence-electron chi connectivity index (χ1n) is 10.7. The summed E-state index contributed by atoms with van der Waals surface area (Å²) in [6.45, 7) is 3.89. The molecular formula is C23H26ClN5O2. The first-order valence-corrected chi connectivity index (χ1v) is 11.1. The van der Waals surface area contributed by atoms with E-state index in [4.69, 9.17) is 11.6 Å². The van der Waals surface area contributed by atoms with Crippen LogP contribution in [0.25, 0.3) is 22.2 Å². The van der Waals surface area contributed by atoms with Crippen LogP contribution < -0.4 is 5.32 Å². The van der Waals surface area contributed by atoms with Crippen molar-refractivity contribution in [1.82, 2.24) is 20.1 Å². The van der Waals surface area contributed by atoms with Gasteiger partial charge in [0, 0.05) is 40.8 Å². The lowest BCUT2D eigenvalue weighted by Crippen LogP contribution is -2.57. The van der Waals surface area contributed by atoms with Crippen molar-refractivity contribution in [2.75, 3.05) is 18.4 Å². The van der Waals surface area contributed by atoms with E-state index in [0.717, 1.165) is 49.7 Å². The maximum atomic E-state index is 10.4. The summed E-state index contributed by atoms with van der Waals surface area (Å²) in [7, 11) is 0. The van der Waals surface area contributed by atoms with Crippen LogP contribution in [-0.2, 0) is 0 Å². The standard InChI is InChI=1S/C23H26ClN5O2/c1-23(31)11-16(12-23)29-9-3-4-15(13-29)26-22-21-18(5-2-8-25-21)20(27-28-22)17-7-6-14(24)10-19(17)30/h2,5-8,10,15-16,30-31H,3-4,9,11-13H2,1H3,(H,26,28). The molecule has 5 rings (SSSR count). The molecule has 1 aliphatic carbocycles. The van der Waals surface area contributed by atoms with Crippen LogP contribution in [0.15, 0.2) is 36.5 Å². The van der Waals surface area contributed by atoms with Gasteiger partial charge in [0.1, 0.15) is 17.0 Å². The Balaban J connectivity index is 1.41. The number of hydrogen-bond acceptors (Lipinski definition) is 7. The van der Waals surface area contributed by atoms with Crippen molar-refractivity contribution in [3.05, 3.63) is 41.6 Å². The Bertz CT molecular complexity index is 1110. The minimum Gasteiger partial charge on any atom is -0.507 e. The molecule has 2 fully saturated rings. The van der Waals surface area contributed by atoms with Gasteiger partial charge >= 0.3 is 0 Å². The van der Waals surface area contributed by atoms with E-state index < -0.39 is 5.60 Å². The SMILES string of the molecule is CC1(O)CC(N2CCCC(Nc3nnc(-c4ccc(Cl)cc4O)c4cccnc34)C2)C1. The molecule has 3 heterocycles. The fourth-order valence-electron chi connectivity index (χ4n) is 4.85. The molecule has 1 aromatic carbocycles. The number of halogens is 1. The first kappa shape index (κ1) is 20.4. The van der Waals surface area contributed by atoms with Crippen LogP contribution in [0.1, 0.15) is 32.6 Å². The van der Waals surface area contributed by atoms with Gasteiger partial charge in [0.2, 0.25) is 0 Å². The van der Waals surface area contributed by atoms with Gasteiger partial charge in [-0.1, -0.05) is 11.6 Å². The number of anilines is 1. The number of aliphatic hydroxyl groups is 1. The second-order valence-corrected chi connectivity index (χ2v) is 9.43. The van der Waals surface area contributed by atoms with Crippen LogP contribution in [0.5, 0.6) is 5.75 Å². The summed E-state index contributed by atoms with van der Waals surface area (Å²) in [5, 5.41) is 34.2. The monoisotopic (exact) mass is 439 g/mol. The molecule has 2 aromatic heterocycles. The minimum atomic E-state index is -0.514. The number of nitrogens with one attached hydrogen (secondary N) is 1. The summed E-state index contributed by atoms with van der Waals surface area (Å²) in [4.78, 5) is 7.04. The van der Waals surface area contributed by atoms with Crippen molar-refractivity contribution in [2.24, 2.45) is 0 Å². The maximum Gasteiger partial charge on any atom is 0.175 e. The molecule has 1 aliphatic heterocycles. The highest BCUT2D eigenvalue weighted by Gasteiger charge is 2.42. The van der Waals surface area contributed by atoms with E-state index in [0.29, 0.717) is 28.1 Å². The second kappa shape index (κ2) is 7.89. The van der Waals surface area contributed by atoms with Gasteiger partial charge in [-0.05, 0) is 69.5 Å². The van der Waals surface area contributed by atoms with Crippen LogP contribution in [0.3, 0.4) is 0 Å². The van der Waals surface area contributed by atoms with E-state index >= 15 is 0 Å². The lowest BCUT2D eigenvalue weighted by atomic mass is 9.76. The number of fused-ring (bicyclic) bond motifs is 1. The summed E-state index contributed by atoms with van der Waals surface area (Å²) in [6, 6.07) is 9.46. The summed E-state index contributed by atoms with van der Waals surface area (Å²) < 4.78 is 0.